The summed E-state index contributed by atoms with van der Waals surface area (Å²) in [5.74, 6) is -1.02. The number of carboxylic acids is 1. The van der Waals surface area contributed by atoms with Crippen LogP contribution in [-0.4, -0.2) is 27.5 Å². The number of hydrogen-bond donors (Lipinski definition) is 2. The van der Waals surface area contributed by atoms with Crippen LogP contribution in [0.1, 0.15) is 38.2 Å². The maximum Gasteiger partial charge on any atom is 0.329 e. The van der Waals surface area contributed by atoms with E-state index in [-0.39, 0.29) is 5.91 Å². The van der Waals surface area contributed by atoms with Crippen LogP contribution in [0.15, 0.2) is 30.6 Å². The summed E-state index contributed by atoms with van der Waals surface area (Å²) >= 11 is 0. The van der Waals surface area contributed by atoms with Crippen LogP contribution in [0.3, 0.4) is 0 Å². The van der Waals surface area contributed by atoms with E-state index >= 15 is 0 Å². The van der Waals surface area contributed by atoms with Crippen LogP contribution in [0.25, 0.3) is 6.08 Å². The van der Waals surface area contributed by atoms with Gasteiger partial charge in [0.2, 0.25) is 5.91 Å². The molecule has 1 aliphatic rings. The van der Waals surface area contributed by atoms with Gasteiger partial charge in [0, 0.05) is 18.5 Å². The molecule has 5 nitrogen and oxygen atoms in total. The van der Waals surface area contributed by atoms with Crippen molar-refractivity contribution in [3.8, 4) is 0 Å². The Kier molecular flexibility index (Phi) is 4.73. The number of rotatable bonds is 4. The number of carboxylic acid groups (broad SMARTS) is 1. The Hall–Kier alpha value is -2.17. The van der Waals surface area contributed by atoms with Gasteiger partial charge in [-0.25, -0.2) is 4.79 Å². The number of carbonyl (C=O) groups is 2. The van der Waals surface area contributed by atoms with Crippen molar-refractivity contribution in [1.29, 1.82) is 0 Å². The third-order valence-corrected chi connectivity index (χ3v) is 3.88. The van der Waals surface area contributed by atoms with E-state index in [0.29, 0.717) is 18.8 Å². The Morgan fingerprint density at radius 3 is 2.95 bits per heavy atom. The molecule has 1 heterocycles. The summed E-state index contributed by atoms with van der Waals surface area (Å²) in [5, 5.41) is 12.2. The largest absolute Gasteiger partial charge is 0.480 e. The molecule has 1 saturated carbocycles. The number of pyridine rings is 1. The Morgan fingerprint density at radius 1 is 1.52 bits per heavy atom. The normalized spacial score (nSPS) is 25.7. The number of nitrogens with one attached hydrogen (secondary N) is 1. The van der Waals surface area contributed by atoms with Gasteiger partial charge in [0.1, 0.15) is 5.54 Å². The quantitative estimate of drug-likeness (QED) is 0.833. The van der Waals surface area contributed by atoms with Crippen LogP contribution in [-0.2, 0) is 9.59 Å². The predicted molar refractivity (Wildman–Crippen MR) is 79.4 cm³/mol. The molecule has 112 valence electrons. The molecule has 0 radical (unpaired) electrons. The Bertz CT molecular complexity index is 542. The highest BCUT2D eigenvalue weighted by molar-refractivity contribution is 5.95. The van der Waals surface area contributed by atoms with Crippen molar-refractivity contribution in [2.75, 3.05) is 0 Å². The first-order valence-electron chi connectivity index (χ1n) is 7.15. The average Bonchev–Trinajstić information content (AvgIpc) is 2.46. The summed E-state index contributed by atoms with van der Waals surface area (Å²) in [6.45, 7) is 2.02. The molecule has 2 rings (SSSR count). The molecule has 5 heteroatoms. The Labute approximate surface area is 124 Å². The van der Waals surface area contributed by atoms with Crippen LogP contribution >= 0.6 is 0 Å². The third-order valence-electron chi connectivity index (χ3n) is 3.88. The molecule has 1 fully saturated rings. The number of aromatic nitrogens is 1. The molecule has 2 unspecified atom stereocenters. The van der Waals surface area contributed by atoms with Crippen LogP contribution in [0.4, 0.5) is 0 Å². The van der Waals surface area contributed by atoms with E-state index in [1.807, 2.05) is 13.0 Å². The molecule has 2 N–H and O–H groups in total. The lowest BCUT2D eigenvalue weighted by molar-refractivity contribution is -0.149. The van der Waals surface area contributed by atoms with Crippen molar-refractivity contribution in [2.24, 2.45) is 5.92 Å². The van der Waals surface area contributed by atoms with Crippen LogP contribution in [0, 0.1) is 5.92 Å². The van der Waals surface area contributed by atoms with Crippen molar-refractivity contribution < 1.29 is 14.7 Å². The molecular formula is C16H20N2O3. The molecule has 0 aromatic carbocycles. The maximum atomic E-state index is 12.0. The SMILES string of the molecule is CC1CCCC(NC(=O)/C=C/c2cccnc2)(C(=O)O)C1. The lowest BCUT2D eigenvalue weighted by Gasteiger charge is -2.36. The van der Waals surface area contributed by atoms with Crippen molar-refractivity contribution in [3.05, 3.63) is 36.2 Å². The predicted octanol–water partition coefficient (Wildman–Crippen LogP) is 2.24. The van der Waals surface area contributed by atoms with Gasteiger partial charge >= 0.3 is 5.97 Å². The smallest absolute Gasteiger partial charge is 0.329 e. The minimum absolute atomic E-state index is 0.303. The molecule has 0 bridgehead atoms. The molecule has 0 spiro atoms. The lowest BCUT2D eigenvalue weighted by atomic mass is 9.76. The van der Waals surface area contributed by atoms with Gasteiger partial charge in [-0.05, 0) is 36.5 Å². The maximum absolute atomic E-state index is 12.0. The number of carbonyl (C=O) groups excluding carboxylic acids is 1. The summed E-state index contributed by atoms with van der Waals surface area (Å²) in [4.78, 5) is 27.6. The van der Waals surface area contributed by atoms with Crippen molar-refractivity contribution in [1.82, 2.24) is 10.3 Å². The summed E-state index contributed by atoms with van der Waals surface area (Å²) in [7, 11) is 0. The molecule has 21 heavy (non-hydrogen) atoms. The minimum Gasteiger partial charge on any atom is -0.480 e. The van der Waals surface area contributed by atoms with E-state index in [2.05, 4.69) is 10.3 Å². The van der Waals surface area contributed by atoms with E-state index in [4.69, 9.17) is 0 Å². The van der Waals surface area contributed by atoms with E-state index in [0.717, 1.165) is 18.4 Å². The van der Waals surface area contributed by atoms with E-state index in [1.54, 1.807) is 24.5 Å². The molecule has 1 amide bonds. The molecule has 1 aromatic heterocycles. The fraction of sp³-hybridized carbons (Fsp3) is 0.438. The minimum atomic E-state index is -1.13. The van der Waals surface area contributed by atoms with Gasteiger partial charge in [0.05, 0.1) is 0 Å². The Balaban J connectivity index is 2.05. The first kappa shape index (κ1) is 15.2. The van der Waals surface area contributed by atoms with Crippen LogP contribution in [0.5, 0.6) is 0 Å². The van der Waals surface area contributed by atoms with Gasteiger partial charge in [-0.3, -0.25) is 9.78 Å². The third kappa shape index (κ3) is 3.90. The molecule has 0 saturated heterocycles. The Morgan fingerprint density at radius 2 is 2.33 bits per heavy atom. The zero-order chi connectivity index (χ0) is 15.3. The highest BCUT2D eigenvalue weighted by atomic mass is 16.4. The van der Waals surface area contributed by atoms with Crippen molar-refractivity contribution in [3.63, 3.8) is 0 Å². The highest BCUT2D eigenvalue weighted by Gasteiger charge is 2.42. The van der Waals surface area contributed by atoms with Gasteiger partial charge in [-0.2, -0.15) is 0 Å². The standard InChI is InChI=1S/C16H20N2O3/c1-12-4-2-8-16(10-12,15(20)21)18-14(19)7-6-13-5-3-9-17-11-13/h3,5-7,9,11-12H,2,4,8,10H2,1H3,(H,18,19)(H,20,21)/b7-6+. The second-order valence-corrected chi connectivity index (χ2v) is 5.70. The van der Waals surface area contributed by atoms with Gasteiger partial charge in [-0.15, -0.1) is 0 Å². The number of nitrogens with zero attached hydrogens (tertiary/aromatic N) is 1. The number of aliphatic carboxylic acids is 1. The monoisotopic (exact) mass is 288 g/mol. The van der Waals surface area contributed by atoms with E-state index < -0.39 is 11.5 Å². The van der Waals surface area contributed by atoms with E-state index in [1.165, 1.54) is 6.08 Å². The van der Waals surface area contributed by atoms with Gasteiger partial charge in [0.25, 0.3) is 0 Å². The zero-order valence-corrected chi connectivity index (χ0v) is 12.1. The van der Waals surface area contributed by atoms with Crippen molar-refractivity contribution in [2.45, 2.75) is 38.1 Å². The van der Waals surface area contributed by atoms with Crippen molar-refractivity contribution >= 4 is 18.0 Å². The fourth-order valence-corrected chi connectivity index (χ4v) is 2.84. The second kappa shape index (κ2) is 6.52. The zero-order valence-electron chi connectivity index (χ0n) is 12.1. The summed E-state index contributed by atoms with van der Waals surface area (Å²) in [5.41, 5.74) is -0.331. The van der Waals surface area contributed by atoms with Gasteiger partial charge in [0.15, 0.2) is 0 Å². The molecule has 0 aliphatic heterocycles. The highest BCUT2D eigenvalue weighted by Crippen LogP contribution is 2.32. The van der Waals surface area contributed by atoms with Crippen LogP contribution in [0.2, 0.25) is 0 Å². The summed E-state index contributed by atoms with van der Waals surface area (Å²) < 4.78 is 0. The first-order valence-corrected chi connectivity index (χ1v) is 7.15. The average molecular weight is 288 g/mol. The summed E-state index contributed by atoms with van der Waals surface area (Å²) in [6.07, 6.45) is 9.08. The number of hydrogen-bond acceptors (Lipinski definition) is 3. The van der Waals surface area contributed by atoms with Crippen LogP contribution < -0.4 is 5.32 Å². The first-order chi connectivity index (χ1) is 10.0. The topological polar surface area (TPSA) is 79.3 Å². The molecule has 1 aromatic rings. The van der Waals surface area contributed by atoms with Gasteiger partial charge < -0.3 is 10.4 Å². The number of amides is 1. The molecule has 1 aliphatic carbocycles. The fourth-order valence-electron chi connectivity index (χ4n) is 2.84. The molecular weight excluding hydrogens is 268 g/mol. The molecule has 2 atom stereocenters. The summed E-state index contributed by atoms with van der Waals surface area (Å²) in [6, 6.07) is 3.60. The lowest BCUT2D eigenvalue weighted by Crippen LogP contribution is -2.56. The van der Waals surface area contributed by atoms with Gasteiger partial charge in [-0.1, -0.05) is 25.8 Å². The second-order valence-electron chi connectivity index (χ2n) is 5.70. The van der Waals surface area contributed by atoms with E-state index in [9.17, 15) is 14.7 Å².